The Balaban J connectivity index is 2.80. The van der Waals surface area contributed by atoms with E-state index in [2.05, 4.69) is 5.32 Å². The molecule has 0 fully saturated rings. The van der Waals surface area contributed by atoms with Gasteiger partial charge >= 0.3 is 0 Å². The first kappa shape index (κ1) is 14.6. The summed E-state index contributed by atoms with van der Waals surface area (Å²) >= 11 is 12.0. The van der Waals surface area contributed by atoms with Crippen molar-refractivity contribution < 1.29 is 9.84 Å². The van der Waals surface area contributed by atoms with Gasteiger partial charge in [0.1, 0.15) is 5.75 Å². The minimum atomic E-state index is -0.389. The van der Waals surface area contributed by atoms with Gasteiger partial charge in [-0.05, 0) is 26.0 Å². The lowest BCUT2D eigenvalue weighted by molar-refractivity contribution is 0.190. The molecule has 0 heterocycles. The van der Waals surface area contributed by atoms with Crippen molar-refractivity contribution in [3.8, 4) is 5.75 Å². The fraction of sp³-hybridized carbons (Fsp3) is 0.500. The van der Waals surface area contributed by atoms with Gasteiger partial charge in [-0.1, -0.05) is 23.2 Å². The largest absolute Gasteiger partial charge is 0.492 e. The molecule has 1 atom stereocenters. The highest BCUT2D eigenvalue weighted by atomic mass is 35.5. The monoisotopic (exact) mass is 277 g/mol. The Bertz CT molecular complexity index is 370. The maximum absolute atomic E-state index is 9.17. The van der Waals surface area contributed by atoms with Crippen LogP contribution in [-0.4, -0.2) is 24.4 Å². The Labute approximate surface area is 112 Å². The van der Waals surface area contributed by atoms with Crippen LogP contribution >= 0.6 is 23.2 Å². The van der Waals surface area contributed by atoms with Crippen LogP contribution in [0.5, 0.6) is 5.75 Å². The number of rotatable bonds is 6. The van der Waals surface area contributed by atoms with Crippen LogP contribution in [0.2, 0.25) is 10.0 Å². The third kappa shape index (κ3) is 4.72. The number of aliphatic hydroxyl groups excluding tert-OH is 1. The standard InChI is InChI=1S/C12H17Cl2NO2/c1-3-17-12-9(7-15-6-8(2)16)4-10(13)5-11(12)14/h4-5,8,15-16H,3,6-7H2,1-2H3/t8-/m1/s1. The van der Waals surface area contributed by atoms with Gasteiger partial charge in [0.15, 0.2) is 0 Å². The highest BCUT2D eigenvalue weighted by Gasteiger charge is 2.10. The van der Waals surface area contributed by atoms with Crippen molar-refractivity contribution in [1.82, 2.24) is 5.32 Å². The number of ether oxygens (including phenoxy) is 1. The van der Waals surface area contributed by atoms with E-state index in [0.717, 1.165) is 5.56 Å². The third-order valence-corrected chi connectivity index (χ3v) is 2.63. The topological polar surface area (TPSA) is 41.5 Å². The van der Waals surface area contributed by atoms with Crippen LogP contribution in [0.4, 0.5) is 0 Å². The molecule has 0 radical (unpaired) electrons. The Kier molecular flexibility index (Phi) is 6.06. The van der Waals surface area contributed by atoms with Crippen LogP contribution in [0, 0.1) is 0 Å². The number of hydrogen-bond acceptors (Lipinski definition) is 3. The van der Waals surface area contributed by atoms with Gasteiger partial charge in [-0.25, -0.2) is 0 Å². The Hall–Kier alpha value is -0.480. The van der Waals surface area contributed by atoms with E-state index in [0.29, 0.717) is 35.5 Å². The summed E-state index contributed by atoms with van der Waals surface area (Å²) in [6, 6.07) is 3.47. The Morgan fingerprint density at radius 3 is 2.71 bits per heavy atom. The van der Waals surface area contributed by atoms with Gasteiger partial charge in [0.25, 0.3) is 0 Å². The maximum atomic E-state index is 9.17. The molecule has 0 spiro atoms. The average Bonchev–Trinajstić information content (AvgIpc) is 2.22. The molecular weight excluding hydrogens is 261 g/mol. The summed E-state index contributed by atoms with van der Waals surface area (Å²) in [4.78, 5) is 0. The van der Waals surface area contributed by atoms with Crippen molar-refractivity contribution in [1.29, 1.82) is 0 Å². The summed E-state index contributed by atoms with van der Waals surface area (Å²) in [5, 5.41) is 13.4. The van der Waals surface area contributed by atoms with Crippen LogP contribution in [-0.2, 0) is 6.54 Å². The van der Waals surface area contributed by atoms with E-state index in [9.17, 15) is 0 Å². The zero-order valence-corrected chi connectivity index (χ0v) is 11.5. The van der Waals surface area contributed by atoms with Crippen LogP contribution in [0.25, 0.3) is 0 Å². The summed E-state index contributed by atoms with van der Waals surface area (Å²) in [6.45, 7) is 5.24. The van der Waals surface area contributed by atoms with Crippen molar-refractivity contribution in [2.45, 2.75) is 26.5 Å². The fourth-order valence-corrected chi connectivity index (χ4v) is 2.06. The zero-order chi connectivity index (χ0) is 12.8. The third-order valence-electron chi connectivity index (χ3n) is 2.13. The highest BCUT2D eigenvalue weighted by molar-refractivity contribution is 6.35. The lowest BCUT2D eigenvalue weighted by Crippen LogP contribution is -2.24. The molecule has 0 aliphatic carbocycles. The predicted octanol–water partition coefficient (Wildman–Crippen LogP) is 2.86. The number of hydrogen-bond donors (Lipinski definition) is 2. The molecule has 0 saturated carbocycles. The molecule has 1 rings (SSSR count). The van der Waals surface area contributed by atoms with Gasteiger partial charge < -0.3 is 15.2 Å². The number of aliphatic hydroxyl groups is 1. The van der Waals surface area contributed by atoms with Gasteiger partial charge in [-0.3, -0.25) is 0 Å². The first-order chi connectivity index (χ1) is 8.04. The lowest BCUT2D eigenvalue weighted by atomic mass is 10.2. The molecular formula is C12H17Cl2NO2. The van der Waals surface area contributed by atoms with Gasteiger partial charge in [0, 0.05) is 23.7 Å². The molecule has 0 aromatic heterocycles. The first-order valence-electron chi connectivity index (χ1n) is 5.54. The average molecular weight is 278 g/mol. The molecule has 17 heavy (non-hydrogen) atoms. The van der Waals surface area contributed by atoms with E-state index < -0.39 is 0 Å². The van der Waals surface area contributed by atoms with Crippen molar-refractivity contribution in [2.24, 2.45) is 0 Å². The second kappa shape index (κ2) is 7.07. The SMILES string of the molecule is CCOc1c(Cl)cc(Cl)cc1CNC[C@@H](C)O. The quantitative estimate of drug-likeness (QED) is 0.840. The number of nitrogens with one attached hydrogen (secondary N) is 1. The summed E-state index contributed by atoms with van der Waals surface area (Å²) in [6.07, 6.45) is -0.389. The molecule has 96 valence electrons. The van der Waals surface area contributed by atoms with E-state index >= 15 is 0 Å². The van der Waals surface area contributed by atoms with E-state index in [1.165, 1.54) is 0 Å². The van der Waals surface area contributed by atoms with Crippen molar-refractivity contribution in [3.63, 3.8) is 0 Å². The van der Waals surface area contributed by atoms with Crippen molar-refractivity contribution in [3.05, 3.63) is 27.7 Å². The van der Waals surface area contributed by atoms with Gasteiger partial charge in [-0.2, -0.15) is 0 Å². The summed E-state index contributed by atoms with van der Waals surface area (Å²) < 4.78 is 5.49. The zero-order valence-electron chi connectivity index (χ0n) is 9.96. The van der Waals surface area contributed by atoms with E-state index in [4.69, 9.17) is 33.0 Å². The van der Waals surface area contributed by atoms with Crippen molar-refractivity contribution >= 4 is 23.2 Å². The summed E-state index contributed by atoms with van der Waals surface area (Å²) in [7, 11) is 0. The van der Waals surface area contributed by atoms with Gasteiger partial charge in [0.2, 0.25) is 0 Å². The molecule has 5 heteroatoms. The summed E-state index contributed by atoms with van der Waals surface area (Å²) in [5.41, 5.74) is 0.894. The van der Waals surface area contributed by atoms with Gasteiger partial charge in [0.05, 0.1) is 17.7 Å². The number of halogens is 2. The lowest BCUT2D eigenvalue weighted by Gasteiger charge is -2.14. The molecule has 0 bridgehead atoms. The molecule has 1 aromatic carbocycles. The minimum Gasteiger partial charge on any atom is -0.492 e. The molecule has 0 aliphatic heterocycles. The molecule has 3 nitrogen and oxygen atoms in total. The second-order valence-corrected chi connectivity index (χ2v) is 4.63. The molecule has 1 aromatic rings. The van der Waals surface area contributed by atoms with E-state index in [-0.39, 0.29) is 6.10 Å². The van der Waals surface area contributed by atoms with Crippen LogP contribution < -0.4 is 10.1 Å². The van der Waals surface area contributed by atoms with Crippen molar-refractivity contribution in [2.75, 3.05) is 13.2 Å². The second-order valence-electron chi connectivity index (χ2n) is 3.79. The molecule has 0 saturated heterocycles. The number of benzene rings is 1. The maximum Gasteiger partial charge on any atom is 0.142 e. The van der Waals surface area contributed by atoms with Crippen LogP contribution in [0.1, 0.15) is 19.4 Å². The molecule has 2 N–H and O–H groups in total. The molecule has 0 unspecified atom stereocenters. The smallest absolute Gasteiger partial charge is 0.142 e. The highest BCUT2D eigenvalue weighted by Crippen LogP contribution is 2.32. The molecule has 0 amide bonds. The van der Waals surface area contributed by atoms with Gasteiger partial charge in [-0.15, -0.1) is 0 Å². The Morgan fingerprint density at radius 2 is 2.12 bits per heavy atom. The summed E-state index contributed by atoms with van der Waals surface area (Å²) in [5.74, 6) is 0.650. The van der Waals surface area contributed by atoms with E-state index in [1.807, 2.05) is 13.0 Å². The molecule has 0 aliphatic rings. The predicted molar refractivity (Wildman–Crippen MR) is 71.0 cm³/mol. The Morgan fingerprint density at radius 1 is 1.41 bits per heavy atom. The van der Waals surface area contributed by atoms with Crippen LogP contribution in [0.15, 0.2) is 12.1 Å². The minimum absolute atomic E-state index is 0.389. The fourth-order valence-electron chi connectivity index (χ4n) is 1.47. The van der Waals surface area contributed by atoms with E-state index in [1.54, 1.807) is 13.0 Å². The first-order valence-corrected chi connectivity index (χ1v) is 6.29. The normalized spacial score (nSPS) is 12.5. The van der Waals surface area contributed by atoms with Crippen LogP contribution in [0.3, 0.4) is 0 Å².